The van der Waals surface area contributed by atoms with Gasteiger partial charge >= 0.3 is 0 Å². The first kappa shape index (κ1) is 14.8. The lowest BCUT2D eigenvalue weighted by Crippen LogP contribution is -2.49. The summed E-state index contributed by atoms with van der Waals surface area (Å²) in [6.45, 7) is -1.31. The van der Waals surface area contributed by atoms with Crippen molar-refractivity contribution in [2.45, 2.75) is 10.4 Å². The van der Waals surface area contributed by atoms with E-state index in [1.54, 1.807) is 12.1 Å². The van der Waals surface area contributed by atoms with Crippen molar-refractivity contribution in [3.8, 4) is 6.07 Å². The van der Waals surface area contributed by atoms with Crippen LogP contribution in [0.3, 0.4) is 0 Å². The number of thioether (sulfide) groups is 1. The molecule has 98 valence electrons. The third-order valence-corrected chi connectivity index (χ3v) is 3.45. The number of hydrogen-bond donors (Lipinski definition) is 4. The molecule has 1 aromatic carbocycles. The van der Waals surface area contributed by atoms with E-state index in [1.165, 1.54) is 11.8 Å². The van der Waals surface area contributed by atoms with Gasteiger partial charge < -0.3 is 20.6 Å². The maximum atomic E-state index is 9.26. The van der Waals surface area contributed by atoms with Crippen molar-refractivity contribution >= 4 is 17.4 Å². The Labute approximate surface area is 110 Å². The van der Waals surface area contributed by atoms with Crippen molar-refractivity contribution < 1.29 is 15.3 Å². The topological polar surface area (TPSA) is 96.5 Å². The second-order valence-corrected chi connectivity index (χ2v) is 4.72. The fourth-order valence-corrected chi connectivity index (χ4v) is 2.05. The van der Waals surface area contributed by atoms with Gasteiger partial charge in [-0.1, -0.05) is 6.07 Å². The second kappa shape index (κ2) is 6.61. The molecule has 0 bridgehead atoms. The summed E-state index contributed by atoms with van der Waals surface area (Å²) in [5.74, 6) is 0. The number of benzene rings is 1. The Morgan fingerprint density at radius 3 is 2.33 bits per heavy atom. The lowest BCUT2D eigenvalue weighted by atomic mass is 10.0. The average molecular weight is 268 g/mol. The standard InChI is InChI=1S/C12H16N2O3S/c1-18-11-4-2-3-10(9(11)5-13)14-12(6-15,7-16)8-17/h2-4,14-17H,6-8H2,1H3. The summed E-state index contributed by atoms with van der Waals surface area (Å²) >= 11 is 1.43. The zero-order valence-corrected chi connectivity index (χ0v) is 10.9. The molecule has 0 amide bonds. The van der Waals surface area contributed by atoms with Gasteiger partial charge in [-0.15, -0.1) is 11.8 Å². The first-order chi connectivity index (χ1) is 8.66. The lowest BCUT2D eigenvalue weighted by Gasteiger charge is -2.30. The van der Waals surface area contributed by atoms with Gasteiger partial charge in [0.15, 0.2) is 0 Å². The van der Waals surface area contributed by atoms with E-state index in [0.29, 0.717) is 11.3 Å². The van der Waals surface area contributed by atoms with Crippen molar-refractivity contribution in [2.75, 3.05) is 31.4 Å². The van der Waals surface area contributed by atoms with E-state index in [9.17, 15) is 15.3 Å². The van der Waals surface area contributed by atoms with E-state index in [0.717, 1.165) is 4.90 Å². The number of rotatable bonds is 6. The Balaban J connectivity index is 3.15. The molecule has 0 aliphatic heterocycles. The number of nitriles is 1. The summed E-state index contributed by atoms with van der Waals surface area (Å²) in [6.07, 6.45) is 1.86. The van der Waals surface area contributed by atoms with Gasteiger partial charge in [-0.25, -0.2) is 0 Å². The Morgan fingerprint density at radius 2 is 1.89 bits per heavy atom. The van der Waals surface area contributed by atoms with E-state index in [1.807, 2.05) is 12.3 Å². The van der Waals surface area contributed by atoms with Crippen LogP contribution in [0.2, 0.25) is 0 Å². The number of hydrogen-bond acceptors (Lipinski definition) is 6. The molecule has 0 aromatic heterocycles. The van der Waals surface area contributed by atoms with Crippen LogP contribution in [0.1, 0.15) is 5.56 Å². The highest BCUT2D eigenvalue weighted by atomic mass is 32.2. The second-order valence-electron chi connectivity index (χ2n) is 3.87. The van der Waals surface area contributed by atoms with E-state index in [-0.39, 0.29) is 0 Å². The number of aliphatic hydroxyl groups is 3. The van der Waals surface area contributed by atoms with Gasteiger partial charge in [0.05, 0.1) is 31.1 Å². The maximum Gasteiger partial charge on any atom is 0.107 e. The van der Waals surface area contributed by atoms with E-state index in [2.05, 4.69) is 11.4 Å². The highest BCUT2D eigenvalue weighted by Gasteiger charge is 2.28. The molecule has 18 heavy (non-hydrogen) atoms. The zero-order chi connectivity index (χ0) is 13.6. The van der Waals surface area contributed by atoms with E-state index in [4.69, 9.17) is 5.26 Å². The molecule has 0 atom stereocenters. The lowest BCUT2D eigenvalue weighted by molar-refractivity contribution is 0.0833. The smallest absolute Gasteiger partial charge is 0.107 e. The molecule has 6 heteroatoms. The minimum absolute atomic E-state index is 0.435. The first-order valence-corrected chi connectivity index (χ1v) is 6.56. The average Bonchev–Trinajstić information content (AvgIpc) is 2.44. The van der Waals surface area contributed by atoms with Gasteiger partial charge in [0, 0.05) is 4.90 Å². The SMILES string of the molecule is CSc1cccc(NC(CO)(CO)CO)c1C#N. The number of nitrogens with one attached hydrogen (secondary N) is 1. The summed E-state index contributed by atoms with van der Waals surface area (Å²) in [7, 11) is 0. The minimum Gasteiger partial charge on any atom is -0.394 e. The van der Waals surface area contributed by atoms with Crippen LogP contribution in [0.5, 0.6) is 0 Å². The summed E-state index contributed by atoms with van der Waals surface area (Å²) in [5, 5.41) is 39.8. The zero-order valence-electron chi connectivity index (χ0n) is 10.1. The molecule has 5 nitrogen and oxygen atoms in total. The van der Waals surface area contributed by atoms with Crippen molar-refractivity contribution in [3.05, 3.63) is 23.8 Å². The molecule has 1 aromatic rings. The van der Waals surface area contributed by atoms with Crippen LogP contribution >= 0.6 is 11.8 Å². The van der Waals surface area contributed by atoms with Crippen molar-refractivity contribution in [2.24, 2.45) is 0 Å². The van der Waals surface area contributed by atoms with Gasteiger partial charge in [-0.05, 0) is 18.4 Å². The van der Waals surface area contributed by atoms with Crippen molar-refractivity contribution in [1.82, 2.24) is 0 Å². The Bertz CT molecular complexity index is 433. The molecular weight excluding hydrogens is 252 g/mol. The highest BCUT2D eigenvalue weighted by molar-refractivity contribution is 7.98. The minimum atomic E-state index is -1.23. The summed E-state index contributed by atoms with van der Waals surface area (Å²) in [4.78, 5) is 0.796. The molecular formula is C12H16N2O3S. The molecule has 0 saturated heterocycles. The summed E-state index contributed by atoms with van der Waals surface area (Å²) in [5.41, 5.74) is -0.311. The van der Waals surface area contributed by atoms with Gasteiger partial charge in [-0.2, -0.15) is 5.26 Å². The largest absolute Gasteiger partial charge is 0.394 e. The number of aliphatic hydroxyl groups excluding tert-OH is 3. The quantitative estimate of drug-likeness (QED) is 0.558. The maximum absolute atomic E-state index is 9.26. The van der Waals surface area contributed by atoms with E-state index < -0.39 is 25.4 Å². The molecule has 0 unspecified atom stereocenters. The highest BCUT2D eigenvalue weighted by Crippen LogP contribution is 2.28. The van der Waals surface area contributed by atoms with Crippen LogP contribution in [0, 0.1) is 11.3 Å². The predicted molar refractivity (Wildman–Crippen MR) is 70.5 cm³/mol. The molecule has 0 spiro atoms. The first-order valence-electron chi connectivity index (χ1n) is 5.34. The van der Waals surface area contributed by atoms with Crippen LogP contribution < -0.4 is 5.32 Å². The number of nitrogens with zero attached hydrogens (tertiary/aromatic N) is 1. The molecule has 0 saturated carbocycles. The normalized spacial score (nSPS) is 11.1. The van der Waals surface area contributed by atoms with Crippen molar-refractivity contribution in [1.29, 1.82) is 5.26 Å². The van der Waals surface area contributed by atoms with Gasteiger partial charge in [0.1, 0.15) is 11.6 Å². The van der Waals surface area contributed by atoms with Crippen LogP contribution in [-0.4, -0.2) is 46.9 Å². The van der Waals surface area contributed by atoms with Gasteiger partial charge in [0.2, 0.25) is 0 Å². The monoisotopic (exact) mass is 268 g/mol. The third kappa shape index (κ3) is 2.94. The molecule has 1 rings (SSSR count). The van der Waals surface area contributed by atoms with Crippen LogP contribution in [0.15, 0.2) is 23.1 Å². The molecule has 0 aliphatic carbocycles. The summed E-state index contributed by atoms with van der Waals surface area (Å²) in [6, 6.07) is 7.34. The molecule has 4 N–H and O–H groups in total. The van der Waals surface area contributed by atoms with Crippen molar-refractivity contribution in [3.63, 3.8) is 0 Å². The third-order valence-electron chi connectivity index (χ3n) is 2.67. The fraction of sp³-hybridized carbons (Fsp3) is 0.417. The Kier molecular flexibility index (Phi) is 5.44. The van der Waals surface area contributed by atoms with Gasteiger partial charge in [-0.3, -0.25) is 0 Å². The Hall–Kier alpha value is -1.26. The van der Waals surface area contributed by atoms with Crippen LogP contribution in [0.25, 0.3) is 0 Å². The fourth-order valence-electron chi connectivity index (χ4n) is 1.47. The molecule has 0 heterocycles. The number of anilines is 1. The predicted octanol–water partition coefficient (Wildman–Crippen LogP) is 0.408. The summed E-state index contributed by atoms with van der Waals surface area (Å²) < 4.78 is 0. The molecule has 0 fully saturated rings. The molecule has 0 radical (unpaired) electrons. The van der Waals surface area contributed by atoms with Gasteiger partial charge in [0.25, 0.3) is 0 Å². The Morgan fingerprint density at radius 1 is 1.28 bits per heavy atom. The molecule has 0 aliphatic rings. The van der Waals surface area contributed by atoms with Crippen LogP contribution in [-0.2, 0) is 0 Å². The van der Waals surface area contributed by atoms with E-state index >= 15 is 0 Å². The van der Waals surface area contributed by atoms with Crippen LogP contribution in [0.4, 0.5) is 5.69 Å².